The molecule has 0 unspecified atom stereocenters. The van der Waals surface area contributed by atoms with Crippen LogP contribution in [0.25, 0.3) is 0 Å². The summed E-state index contributed by atoms with van der Waals surface area (Å²) in [6.07, 6.45) is 0. The maximum absolute atomic E-state index is 11.5. The molecule has 0 aliphatic heterocycles. The quantitative estimate of drug-likeness (QED) is 0.623. The highest BCUT2D eigenvalue weighted by molar-refractivity contribution is 5.88. The number of anilines is 1. The monoisotopic (exact) mass is 194 g/mol. The molecule has 0 heterocycles. The molecule has 1 aromatic rings. The summed E-state index contributed by atoms with van der Waals surface area (Å²) in [7, 11) is 3.31. The number of nitrogens with one attached hydrogen (secondary N) is 3. The minimum absolute atomic E-state index is 0.263. The van der Waals surface area contributed by atoms with Crippen LogP contribution in [0.2, 0.25) is 0 Å². The Bertz CT molecular complexity index is 284. The molecule has 0 radical (unpaired) electrons. The van der Waals surface area contributed by atoms with Crippen molar-refractivity contribution in [3.63, 3.8) is 0 Å². The molecule has 0 aliphatic carbocycles. The van der Waals surface area contributed by atoms with E-state index < -0.39 is 0 Å². The number of benzene rings is 1. The minimum atomic E-state index is -0.263. The molecule has 0 saturated carbocycles. The van der Waals surface area contributed by atoms with Crippen molar-refractivity contribution < 1.29 is 4.79 Å². The third-order valence-electron chi connectivity index (χ3n) is 1.68. The van der Waals surface area contributed by atoms with E-state index in [9.17, 15) is 4.79 Å². The first-order valence-electron chi connectivity index (χ1n) is 4.29. The maximum Gasteiger partial charge on any atom is 0.351 e. The van der Waals surface area contributed by atoms with Crippen molar-refractivity contribution in [2.45, 2.75) is 0 Å². The Morgan fingerprint density at radius 3 is 2.21 bits per heavy atom. The first kappa shape index (κ1) is 10.5. The number of para-hydroxylation sites is 1. The summed E-state index contributed by atoms with van der Waals surface area (Å²) in [6, 6.07) is 8.99. The van der Waals surface area contributed by atoms with Gasteiger partial charge >= 0.3 is 6.03 Å². The van der Waals surface area contributed by atoms with Crippen LogP contribution in [0.1, 0.15) is 0 Å². The Kier molecular flexibility index (Phi) is 3.90. The van der Waals surface area contributed by atoms with Crippen LogP contribution in [-0.2, 0) is 0 Å². The molecule has 2 amide bonds. The molecule has 0 atom stereocenters. The van der Waals surface area contributed by atoms with Gasteiger partial charge in [-0.15, -0.1) is 0 Å². The number of hydrogen-bond donors (Lipinski definition) is 3. The van der Waals surface area contributed by atoms with E-state index in [0.29, 0.717) is 0 Å². The smallest absolute Gasteiger partial charge is 0.306 e. The van der Waals surface area contributed by atoms with Crippen LogP contribution in [0.4, 0.5) is 10.5 Å². The van der Waals surface area contributed by atoms with Crippen molar-refractivity contribution in [1.29, 1.82) is 0 Å². The van der Waals surface area contributed by atoms with E-state index in [1.54, 1.807) is 14.1 Å². The van der Waals surface area contributed by atoms with E-state index in [4.69, 9.17) is 0 Å². The van der Waals surface area contributed by atoms with Crippen LogP contribution in [0.15, 0.2) is 30.3 Å². The fraction of sp³-hybridized carbons (Fsp3) is 0.222. The Morgan fingerprint density at radius 1 is 1.14 bits per heavy atom. The second-order valence-electron chi connectivity index (χ2n) is 2.58. The SMILES string of the molecule is CNN(NC)C(=O)Nc1ccccc1. The fourth-order valence-corrected chi connectivity index (χ4v) is 1.02. The summed E-state index contributed by atoms with van der Waals surface area (Å²) in [5, 5.41) is 3.95. The molecular formula is C9H14N4O. The van der Waals surface area contributed by atoms with Crippen molar-refractivity contribution in [2.75, 3.05) is 19.4 Å². The summed E-state index contributed by atoms with van der Waals surface area (Å²) in [5.74, 6) is 0. The highest BCUT2D eigenvalue weighted by atomic mass is 16.2. The van der Waals surface area contributed by atoms with Gasteiger partial charge in [0.1, 0.15) is 0 Å². The van der Waals surface area contributed by atoms with Crippen LogP contribution < -0.4 is 16.2 Å². The topological polar surface area (TPSA) is 56.4 Å². The Morgan fingerprint density at radius 2 is 1.71 bits per heavy atom. The van der Waals surface area contributed by atoms with E-state index in [-0.39, 0.29) is 6.03 Å². The van der Waals surface area contributed by atoms with E-state index in [1.807, 2.05) is 30.3 Å². The number of amides is 2. The molecule has 14 heavy (non-hydrogen) atoms. The highest BCUT2D eigenvalue weighted by Crippen LogP contribution is 2.04. The summed E-state index contributed by atoms with van der Waals surface area (Å²) in [4.78, 5) is 11.5. The first-order chi connectivity index (χ1) is 6.77. The van der Waals surface area contributed by atoms with Crippen LogP contribution in [0, 0.1) is 0 Å². The molecular weight excluding hydrogens is 180 g/mol. The Balaban J connectivity index is 2.57. The lowest BCUT2D eigenvalue weighted by atomic mass is 10.3. The van der Waals surface area contributed by atoms with Crippen LogP contribution in [0.5, 0.6) is 0 Å². The van der Waals surface area contributed by atoms with Crippen molar-refractivity contribution in [1.82, 2.24) is 16.0 Å². The lowest BCUT2D eigenvalue weighted by Gasteiger charge is -2.19. The number of carbonyl (C=O) groups is 1. The van der Waals surface area contributed by atoms with Crippen LogP contribution in [-0.4, -0.2) is 25.2 Å². The molecule has 1 rings (SSSR count). The average molecular weight is 194 g/mol. The van der Waals surface area contributed by atoms with Gasteiger partial charge in [-0.1, -0.05) is 18.2 Å². The van der Waals surface area contributed by atoms with Gasteiger partial charge < -0.3 is 5.32 Å². The van der Waals surface area contributed by atoms with Crippen molar-refractivity contribution in [3.05, 3.63) is 30.3 Å². The second kappa shape index (κ2) is 5.21. The normalized spacial score (nSPS) is 9.57. The van der Waals surface area contributed by atoms with Crippen LogP contribution >= 0.6 is 0 Å². The number of hydrogen-bond acceptors (Lipinski definition) is 3. The second-order valence-corrected chi connectivity index (χ2v) is 2.58. The van der Waals surface area contributed by atoms with Gasteiger partial charge in [0, 0.05) is 19.8 Å². The molecule has 0 bridgehead atoms. The summed E-state index contributed by atoms with van der Waals surface area (Å²) >= 11 is 0. The van der Waals surface area contributed by atoms with Gasteiger partial charge in [-0.3, -0.25) is 0 Å². The third kappa shape index (κ3) is 2.72. The van der Waals surface area contributed by atoms with Gasteiger partial charge in [-0.25, -0.2) is 15.6 Å². The Labute approximate surface area is 83.0 Å². The van der Waals surface area contributed by atoms with E-state index in [2.05, 4.69) is 16.2 Å². The average Bonchev–Trinajstić information content (AvgIpc) is 2.21. The molecule has 1 aromatic carbocycles. The van der Waals surface area contributed by atoms with Crippen molar-refractivity contribution >= 4 is 11.7 Å². The zero-order valence-corrected chi connectivity index (χ0v) is 8.24. The van der Waals surface area contributed by atoms with Gasteiger partial charge in [0.25, 0.3) is 0 Å². The number of carbonyl (C=O) groups excluding carboxylic acids is 1. The maximum atomic E-state index is 11.5. The molecule has 0 saturated heterocycles. The predicted octanol–water partition coefficient (Wildman–Crippen LogP) is 0.789. The van der Waals surface area contributed by atoms with Gasteiger partial charge in [0.2, 0.25) is 0 Å². The van der Waals surface area contributed by atoms with Gasteiger partial charge in [-0.2, -0.15) is 5.12 Å². The number of urea groups is 1. The molecule has 0 fully saturated rings. The van der Waals surface area contributed by atoms with Gasteiger partial charge in [0.05, 0.1) is 0 Å². The molecule has 0 aromatic heterocycles. The van der Waals surface area contributed by atoms with Gasteiger partial charge in [-0.05, 0) is 12.1 Å². The molecule has 3 N–H and O–H groups in total. The summed E-state index contributed by atoms with van der Waals surface area (Å²) in [6.45, 7) is 0. The minimum Gasteiger partial charge on any atom is -0.306 e. The fourth-order valence-electron chi connectivity index (χ4n) is 1.02. The largest absolute Gasteiger partial charge is 0.351 e. The molecule has 76 valence electrons. The van der Waals surface area contributed by atoms with Crippen molar-refractivity contribution in [3.8, 4) is 0 Å². The molecule has 0 spiro atoms. The number of nitrogens with zero attached hydrogens (tertiary/aromatic N) is 1. The molecule has 5 nitrogen and oxygen atoms in total. The highest BCUT2D eigenvalue weighted by Gasteiger charge is 2.08. The zero-order chi connectivity index (χ0) is 10.4. The summed E-state index contributed by atoms with van der Waals surface area (Å²) in [5.41, 5.74) is 6.12. The number of hydrazine groups is 2. The number of rotatable bonds is 3. The van der Waals surface area contributed by atoms with Gasteiger partial charge in [0.15, 0.2) is 0 Å². The predicted molar refractivity (Wildman–Crippen MR) is 55.4 cm³/mol. The Hall–Kier alpha value is -1.59. The third-order valence-corrected chi connectivity index (χ3v) is 1.68. The molecule has 5 heteroatoms. The van der Waals surface area contributed by atoms with E-state index in [1.165, 1.54) is 5.12 Å². The van der Waals surface area contributed by atoms with Crippen LogP contribution in [0.3, 0.4) is 0 Å². The lowest BCUT2D eigenvalue weighted by molar-refractivity contribution is 0.163. The lowest BCUT2D eigenvalue weighted by Crippen LogP contribution is -2.50. The summed E-state index contributed by atoms with van der Waals surface area (Å²) < 4.78 is 0. The van der Waals surface area contributed by atoms with E-state index in [0.717, 1.165) is 5.69 Å². The standard InChI is InChI=1S/C9H14N4O/c1-10-13(11-2)9(14)12-8-6-4-3-5-7-8/h3-7,10-11H,1-2H3,(H,12,14). The molecule has 0 aliphatic rings. The van der Waals surface area contributed by atoms with Crippen molar-refractivity contribution in [2.24, 2.45) is 0 Å². The zero-order valence-electron chi connectivity index (χ0n) is 8.24. The van der Waals surface area contributed by atoms with E-state index >= 15 is 0 Å². The first-order valence-corrected chi connectivity index (χ1v) is 4.29.